The molecule has 1 atom stereocenters. The van der Waals surface area contributed by atoms with Gasteiger partial charge in [-0.1, -0.05) is 5.16 Å². The lowest BCUT2D eigenvalue weighted by Gasteiger charge is -2.32. The molecule has 1 aliphatic heterocycles. The molecule has 0 saturated carbocycles. The van der Waals surface area contributed by atoms with E-state index in [-0.39, 0.29) is 41.5 Å². The summed E-state index contributed by atoms with van der Waals surface area (Å²) in [4.78, 5) is 17.8. The molecule has 1 unspecified atom stereocenters. The Morgan fingerprint density at radius 1 is 1.52 bits per heavy atom. The van der Waals surface area contributed by atoms with E-state index in [0.717, 1.165) is 0 Å². The molecule has 21 heavy (non-hydrogen) atoms. The fourth-order valence-electron chi connectivity index (χ4n) is 2.18. The summed E-state index contributed by atoms with van der Waals surface area (Å²) in [6, 6.07) is 2.59. The van der Waals surface area contributed by atoms with Crippen LogP contribution < -0.4 is 5.73 Å². The van der Waals surface area contributed by atoms with E-state index in [0.29, 0.717) is 5.56 Å². The van der Waals surface area contributed by atoms with Crippen molar-refractivity contribution in [1.29, 1.82) is 0 Å². The van der Waals surface area contributed by atoms with Gasteiger partial charge in [0.2, 0.25) is 0 Å². The summed E-state index contributed by atoms with van der Waals surface area (Å²) >= 11 is 0. The van der Waals surface area contributed by atoms with Gasteiger partial charge in [0.15, 0.2) is 15.7 Å². The Bertz CT molecular complexity index is 669. The Morgan fingerprint density at radius 3 is 2.76 bits per heavy atom. The highest BCUT2D eigenvalue weighted by Crippen LogP contribution is 2.14. The van der Waals surface area contributed by atoms with Gasteiger partial charge in [0, 0.05) is 24.3 Å². The quantitative estimate of drug-likeness (QED) is 0.326. The lowest BCUT2D eigenvalue weighted by molar-refractivity contribution is 0.0706. The second kappa shape index (κ2) is 5.68. The van der Waals surface area contributed by atoms with E-state index in [1.165, 1.54) is 23.2 Å². The van der Waals surface area contributed by atoms with Gasteiger partial charge in [-0.05, 0) is 19.1 Å². The zero-order valence-corrected chi connectivity index (χ0v) is 12.2. The lowest BCUT2D eigenvalue weighted by Crippen LogP contribution is -2.49. The third kappa shape index (κ3) is 3.30. The largest absolute Gasteiger partial charge is 0.409 e. The molecule has 2 heterocycles. The minimum Gasteiger partial charge on any atom is -0.409 e. The first-order valence-electron chi connectivity index (χ1n) is 6.29. The molecule has 1 fully saturated rings. The summed E-state index contributed by atoms with van der Waals surface area (Å²) < 4.78 is 23.0. The minimum absolute atomic E-state index is 0.0364. The van der Waals surface area contributed by atoms with Crippen LogP contribution in [0.4, 0.5) is 0 Å². The maximum Gasteiger partial charge on any atom is 0.272 e. The van der Waals surface area contributed by atoms with Crippen molar-refractivity contribution in [2.75, 3.05) is 18.1 Å². The number of carbonyl (C=O) groups excluding carboxylic acids is 1. The number of carbonyl (C=O) groups is 1. The van der Waals surface area contributed by atoms with E-state index in [1.54, 1.807) is 6.92 Å². The van der Waals surface area contributed by atoms with Gasteiger partial charge in [0.05, 0.1) is 11.5 Å². The van der Waals surface area contributed by atoms with E-state index in [2.05, 4.69) is 10.1 Å². The molecule has 0 aliphatic carbocycles. The van der Waals surface area contributed by atoms with E-state index in [4.69, 9.17) is 10.9 Å². The minimum atomic E-state index is -3.08. The maximum atomic E-state index is 12.3. The Morgan fingerprint density at radius 2 is 2.24 bits per heavy atom. The predicted octanol–water partition coefficient (Wildman–Crippen LogP) is -0.565. The average Bonchev–Trinajstić information content (AvgIpc) is 2.45. The predicted molar refractivity (Wildman–Crippen MR) is 75.9 cm³/mol. The molecule has 9 heteroatoms. The van der Waals surface area contributed by atoms with Crippen molar-refractivity contribution in [3.05, 3.63) is 29.6 Å². The number of hydrogen-bond donors (Lipinski definition) is 2. The number of amidine groups is 1. The van der Waals surface area contributed by atoms with Gasteiger partial charge in [-0.15, -0.1) is 0 Å². The summed E-state index contributed by atoms with van der Waals surface area (Å²) in [5, 5.41) is 11.4. The topological polar surface area (TPSA) is 126 Å². The SMILES string of the molecule is CC1CS(=O)(=O)CCN1C(=O)c1ccc(/C(N)=N/O)cn1. The number of rotatable bonds is 2. The molecule has 0 radical (unpaired) electrons. The normalized spacial score (nSPS) is 22.0. The highest BCUT2D eigenvalue weighted by molar-refractivity contribution is 7.91. The lowest BCUT2D eigenvalue weighted by atomic mass is 10.2. The van der Waals surface area contributed by atoms with Crippen LogP contribution in [0.15, 0.2) is 23.5 Å². The van der Waals surface area contributed by atoms with Gasteiger partial charge in [-0.2, -0.15) is 0 Å². The molecule has 0 aromatic carbocycles. The molecule has 0 bridgehead atoms. The van der Waals surface area contributed by atoms with Crippen LogP contribution in [0.25, 0.3) is 0 Å². The number of nitrogens with two attached hydrogens (primary N) is 1. The van der Waals surface area contributed by atoms with Crippen molar-refractivity contribution in [2.24, 2.45) is 10.9 Å². The van der Waals surface area contributed by atoms with E-state index >= 15 is 0 Å². The Hall–Kier alpha value is -2.16. The molecule has 1 amide bonds. The van der Waals surface area contributed by atoms with E-state index < -0.39 is 9.84 Å². The summed E-state index contributed by atoms with van der Waals surface area (Å²) in [6.07, 6.45) is 1.33. The Kier molecular flexibility index (Phi) is 4.12. The molecule has 0 spiro atoms. The number of amides is 1. The summed E-state index contributed by atoms with van der Waals surface area (Å²) in [5.41, 5.74) is 6.00. The molecule has 3 N–H and O–H groups in total. The first-order valence-corrected chi connectivity index (χ1v) is 8.11. The zero-order valence-electron chi connectivity index (χ0n) is 11.4. The standard InChI is InChI=1S/C12H16N4O4S/c1-8-7-21(19,20)5-4-16(8)12(17)10-3-2-9(6-14-10)11(13)15-18/h2-3,6,8,18H,4-5,7H2,1H3,(H2,13,15). The monoisotopic (exact) mass is 312 g/mol. The third-order valence-corrected chi connectivity index (χ3v) is 5.11. The second-order valence-electron chi connectivity index (χ2n) is 4.88. The molecule has 2 rings (SSSR count). The summed E-state index contributed by atoms with van der Waals surface area (Å²) in [6.45, 7) is 1.85. The van der Waals surface area contributed by atoms with Crippen molar-refractivity contribution in [3.8, 4) is 0 Å². The Labute approximate surface area is 122 Å². The van der Waals surface area contributed by atoms with Crippen molar-refractivity contribution < 1.29 is 18.4 Å². The highest BCUT2D eigenvalue weighted by Gasteiger charge is 2.32. The van der Waals surface area contributed by atoms with Crippen LogP contribution in [0.5, 0.6) is 0 Å². The van der Waals surface area contributed by atoms with Crippen LogP contribution in [-0.4, -0.2) is 59.3 Å². The molecular weight excluding hydrogens is 296 g/mol. The smallest absolute Gasteiger partial charge is 0.272 e. The average molecular weight is 312 g/mol. The van der Waals surface area contributed by atoms with Crippen LogP contribution >= 0.6 is 0 Å². The van der Waals surface area contributed by atoms with Crippen LogP contribution in [0.1, 0.15) is 23.0 Å². The summed E-state index contributed by atoms with van der Waals surface area (Å²) in [5.74, 6) is -0.506. The first kappa shape index (κ1) is 15.2. The van der Waals surface area contributed by atoms with Gasteiger partial charge < -0.3 is 15.8 Å². The van der Waals surface area contributed by atoms with Crippen molar-refractivity contribution in [1.82, 2.24) is 9.88 Å². The van der Waals surface area contributed by atoms with Crippen LogP contribution in [-0.2, 0) is 9.84 Å². The van der Waals surface area contributed by atoms with Crippen LogP contribution in [0.2, 0.25) is 0 Å². The number of hydrogen-bond acceptors (Lipinski definition) is 6. The molecular formula is C12H16N4O4S. The van der Waals surface area contributed by atoms with E-state index in [1.807, 2.05) is 0 Å². The molecule has 1 aromatic rings. The van der Waals surface area contributed by atoms with Crippen molar-refractivity contribution >= 4 is 21.6 Å². The second-order valence-corrected chi connectivity index (χ2v) is 7.11. The van der Waals surface area contributed by atoms with E-state index in [9.17, 15) is 13.2 Å². The molecule has 1 saturated heterocycles. The number of oxime groups is 1. The number of aromatic nitrogens is 1. The number of sulfone groups is 1. The molecule has 114 valence electrons. The maximum absolute atomic E-state index is 12.3. The van der Waals surface area contributed by atoms with Crippen LogP contribution in [0.3, 0.4) is 0 Å². The molecule has 1 aromatic heterocycles. The fourth-order valence-corrected chi connectivity index (χ4v) is 3.73. The number of nitrogens with zero attached hydrogens (tertiary/aromatic N) is 3. The van der Waals surface area contributed by atoms with Gasteiger partial charge in [0.1, 0.15) is 5.69 Å². The Balaban J connectivity index is 2.17. The van der Waals surface area contributed by atoms with Gasteiger partial charge >= 0.3 is 0 Å². The summed E-state index contributed by atoms with van der Waals surface area (Å²) in [7, 11) is -3.08. The van der Waals surface area contributed by atoms with Crippen molar-refractivity contribution in [2.45, 2.75) is 13.0 Å². The third-order valence-electron chi connectivity index (χ3n) is 3.32. The fraction of sp³-hybridized carbons (Fsp3) is 0.417. The van der Waals surface area contributed by atoms with Crippen LogP contribution in [0, 0.1) is 0 Å². The number of pyridine rings is 1. The zero-order chi connectivity index (χ0) is 15.6. The molecule has 8 nitrogen and oxygen atoms in total. The first-order chi connectivity index (χ1) is 9.84. The van der Waals surface area contributed by atoms with Gasteiger partial charge in [0.25, 0.3) is 5.91 Å². The van der Waals surface area contributed by atoms with Crippen molar-refractivity contribution in [3.63, 3.8) is 0 Å². The highest BCUT2D eigenvalue weighted by atomic mass is 32.2. The molecule has 1 aliphatic rings. The van der Waals surface area contributed by atoms with Gasteiger partial charge in [-0.25, -0.2) is 8.42 Å². The van der Waals surface area contributed by atoms with Gasteiger partial charge in [-0.3, -0.25) is 9.78 Å².